The van der Waals surface area contributed by atoms with Crippen molar-refractivity contribution in [3.63, 3.8) is 0 Å². The summed E-state index contributed by atoms with van der Waals surface area (Å²) in [6.07, 6.45) is 0.450. The lowest BCUT2D eigenvalue weighted by Crippen LogP contribution is -2.51. The van der Waals surface area contributed by atoms with Crippen molar-refractivity contribution in [2.75, 3.05) is 13.2 Å². The minimum absolute atomic E-state index is 0.0996. The molecule has 7 nitrogen and oxygen atoms in total. The molecule has 2 aromatic rings. The van der Waals surface area contributed by atoms with E-state index < -0.39 is 11.5 Å². The molecule has 1 aromatic carbocycles. The van der Waals surface area contributed by atoms with E-state index in [0.29, 0.717) is 25.3 Å². The van der Waals surface area contributed by atoms with Gasteiger partial charge in [0.05, 0.1) is 30.7 Å². The van der Waals surface area contributed by atoms with E-state index in [4.69, 9.17) is 14.6 Å². The third-order valence-corrected chi connectivity index (χ3v) is 5.19. The van der Waals surface area contributed by atoms with Crippen molar-refractivity contribution in [2.45, 2.75) is 38.3 Å². The normalized spacial score (nSPS) is 19.0. The molecule has 1 saturated heterocycles. The van der Waals surface area contributed by atoms with Gasteiger partial charge in [0.25, 0.3) is 0 Å². The summed E-state index contributed by atoms with van der Waals surface area (Å²) in [5.41, 5.74) is 0.985. The molecule has 1 unspecified atom stereocenters. The minimum atomic E-state index is -0.954. The molecule has 2 heterocycles. The maximum absolute atomic E-state index is 12.3. The van der Waals surface area contributed by atoms with Gasteiger partial charge in [0.15, 0.2) is 0 Å². The quantitative estimate of drug-likeness (QED) is 0.718. The van der Waals surface area contributed by atoms with E-state index in [-0.39, 0.29) is 25.4 Å². The zero-order valence-electron chi connectivity index (χ0n) is 15.1. The topological polar surface area (TPSA) is 97.8 Å². The SMILES string of the molecule is Cc1ccc(OCc2nc(CC(=O)NC3(CC(=O)O)CCOC3)cs2)cc1. The third kappa shape index (κ3) is 5.51. The first-order valence-corrected chi connectivity index (χ1v) is 9.55. The van der Waals surface area contributed by atoms with Crippen LogP contribution in [0.25, 0.3) is 0 Å². The van der Waals surface area contributed by atoms with Gasteiger partial charge < -0.3 is 19.9 Å². The molecular formula is C19H22N2O5S. The van der Waals surface area contributed by atoms with Crippen molar-refractivity contribution in [3.8, 4) is 5.75 Å². The van der Waals surface area contributed by atoms with E-state index in [1.807, 2.05) is 36.6 Å². The minimum Gasteiger partial charge on any atom is -0.486 e. The molecule has 0 radical (unpaired) electrons. The number of amides is 1. The van der Waals surface area contributed by atoms with Gasteiger partial charge in [-0.3, -0.25) is 9.59 Å². The fraction of sp³-hybridized carbons (Fsp3) is 0.421. The second kappa shape index (κ2) is 8.49. The Labute approximate surface area is 161 Å². The average molecular weight is 390 g/mol. The van der Waals surface area contributed by atoms with Gasteiger partial charge >= 0.3 is 5.97 Å². The molecule has 1 aliphatic rings. The number of hydrogen-bond acceptors (Lipinski definition) is 6. The number of thiazole rings is 1. The highest BCUT2D eigenvalue weighted by Crippen LogP contribution is 2.23. The number of carboxylic acid groups (broad SMARTS) is 1. The van der Waals surface area contributed by atoms with Crippen LogP contribution in [0, 0.1) is 6.92 Å². The summed E-state index contributed by atoms with van der Waals surface area (Å²) in [6, 6.07) is 7.77. The fourth-order valence-corrected chi connectivity index (χ4v) is 3.66. The van der Waals surface area contributed by atoms with Crippen LogP contribution in [0.3, 0.4) is 0 Å². The predicted octanol–water partition coefficient (Wildman–Crippen LogP) is 2.32. The van der Waals surface area contributed by atoms with Crippen LogP contribution in [0.15, 0.2) is 29.6 Å². The second-order valence-electron chi connectivity index (χ2n) is 6.71. The van der Waals surface area contributed by atoms with E-state index in [0.717, 1.165) is 10.8 Å². The van der Waals surface area contributed by atoms with E-state index in [2.05, 4.69) is 10.3 Å². The number of carbonyl (C=O) groups excluding carboxylic acids is 1. The summed E-state index contributed by atoms with van der Waals surface area (Å²) in [6.45, 7) is 3.02. The van der Waals surface area contributed by atoms with Crippen LogP contribution in [0.5, 0.6) is 5.75 Å². The molecule has 1 aromatic heterocycles. The smallest absolute Gasteiger partial charge is 0.305 e. The number of aryl methyl sites for hydroxylation is 1. The Hall–Kier alpha value is -2.45. The van der Waals surface area contributed by atoms with Crippen molar-refractivity contribution in [2.24, 2.45) is 0 Å². The van der Waals surface area contributed by atoms with Gasteiger partial charge in [0.2, 0.25) is 5.91 Å². The van der Waals surface area contributed by atoms with Gasteiger partial charge in [-0.25, -0.2) is 4.98 Å². The first kappa shape index (κ1) is 19.3. The predicted molar refractivity (Wildman–Crippen MR) is 99.9 cm³/mol. The first-order chi connectivity index (χ1) is 12.9. The zero-order valence-corrected chi connectivity index (χ0v) is 15.9. The van der Waals surface area contributed by atoms with Crippen molar-refractivity contribution in [3.05, 3.63) is 45.9 Å². The molecule has 144 valence electrons. The molecule has 1 fully saturated rings. The average Bonchev–Trinajstić information content (AvgIpc) is 3.23. The summed E-state index contributed by atoms with van der Waals surface area (Å²) in [7, 11) is 0. The highest BCUT2D eigenvalue weighted by atomic mass is 32.1. The fourth-order valence-electron chi connectivity index (χ4n) is 2.96. The van der Waals surface area contributed by atoms with Crippen LogP contribution in [0.2, 0.25) is 0 Å². The summed E-state index contributed by atoms with van der Waals surface area (Å²) >= 11 is 1.43. The number of carboxylic acids is 1. The van der Waals surface area contributed by atoms with Gasteiger partial charge in [-0.15, -0.1) is 11.3 Å². The van der Waals surface area contributed by atoms with Crippen molar-refractivity contribution < 1.29 is 24.2 Å². The molecule has 27 heavy (non-hydrogen) atoms. The number of rotatable bonds is 8. The van der Waals surface area contributed by atoms with Crippen LogP contribution in [0.1, 0.15) is 29.1 Å². The molecule has 1 atom stereocenters. The second-order valence-corrected chi connectivity index (χ2v) is 7.66. The van der Waals surface area contributed by atoms with Gasteiger partial charge in [0.1, 0.15) is 17.4 Å². The largest absolute Gasteiger partial charge is 0.486 e. The molecular weight excluding hydrogens is 368 g/mol. The molecule has 2 N–H and O–H groups in total. The Kier molecular flexibility index (Phi) is 6.08. The number of hydrogen-bond donors (Lipinski definition) is 2. The number of benzene rings is 1. The Balaban J connectivity index is 1.52. The lowest BCUT2D eigenvalue weighted by Gasteiger charge is -2.26. The van der Waals surface area contributed by atoms with Crippen LogP contribution in [0.4, 0.5) is 0 Å². The summed E-state index contributed by atoms with van der Waals surface area (Å²) in [5.74, 6) is -0.435. The summed E-state index contributed by atoms with van der Waals surface area (Å²) in [5, 5.41) is 14.5. The molecule has 1 amide bonds. The number of nitrogens with zero attached hydrogens (tertiary/aromatic N) is 1. The van der Waals surface area contributed by atoms with Crippen molar-refractivity contribution >= 4 is 23.2 Å². The Morgan fingerprint density at radius 1 is 1.37 bits per heavy atom. The molecule has 8 heteroatoms. The molecule has 0 spiro atoms. The highest BCUT2D eigenvalue weighted by Gasteiger charge is 2.38. The zero-order chi connectivity index (χ0) is 19.3. The molecule has 0 aliphatic carbocycles. The molecule has 3 rings (SSSR count). The van der Waals surface area contributed by atoms with Gasteiger partial charge in [-0.1, -0.05) is 17.7 Å². The first-order valence-electron chi connectivity index (χ1n) is 8.67. The Morgan fingerprint density at radius 3 is 2.81 bits per heavy atom. The Morgan fingerprint density at radius 2 is 2.15 bits per heavy atom. The standard InChI is InChI=1S/C19H22N2O5S/c1-13-2-4-15(5-3-13)26-10-17-20-14(11-27-17)8-16(22)21-19(9-18(23)24)6-7-25-12-19/h2-5,11H,6-10,12H2,1H3,(H,21,22)(H,23,24). The number of nitrogens with one attached hydrogen (secondary N) is 1. The van der Waals surface area contributed by atoms with Crippen molar-refractivity contribution in [1.82, 2.24) is 10.3 Å². The molecule has 0 bridgehead atoms. The van der Waals surface area contributed by atoms with E-state index in [9.17, 15) is 9.59 Å². The van der Waals surface area contributed by atoms with Crippen LogP contribution < -0.4 is 10.1 Å². The molecule has 0 saturated carbocycles. The number of aliphatic carboxylic acids is 1. The number of aromatic nitrogens is 1. The lowest BCUT2D eigenvalue weighted by molar-refractivity contribution is -0.139. The van der Waals surface area contributed by atoms with Gasteiger partial charge in [-0.2, -0.15) is 0 Å². The van der Waals surface area contributed by atoms with Crippen LogP contribution in [-0.4, -0.2) is 40.7 Å². The van der Waals surface area contributed by atoms with E-state index in [1.165, 1.54) is 16.9 Å². The Bertz CT molecular complexity index is 797. The lowest BCUT2D eigenvalue weighted by atomic mass is 9.94. The molecule has 1 aliphatic heterocycles. The van der Waals surface area contributed by atoms with E-state index in [1.54, 1.807) is 0 Å². The van der Waals surface area contributed by atoms with Crippen molar-refractivity contribution in [1.29, 1.82) is 0 Å². The number of carbonyl (C=O) groups is 2. The van der Waals surface area contributed by atoms with Gasteiger partial charge in [0, 0.05) is 12.0 Å². The highest BCUT2D eigenvalue weighted by molar-refractivity contribution is 7.09. The van der Waals surface area contributed by atoms with E-state index >= 15 is 0 Å². The van der Waals surface area contributed by atoms with Gasteiger partial charge in [-0.05, 0) is 25.5 Å². The monoisotopic (exact) mass is 390 g/mol. The summed E-state index contributed by atoms with van der Waals surface area (Å²) < 4.78 is 11.0. The van der Waals surface area contributed by atoms with Crippen LogP contribution in [-0.2, 0) is 27.4 Å². The van der Waals surface area contributed by atoms with Crippen LogP contribution >= 0.6 is 11.3 Å². The maximum atomic E-state index is 12.3. The third-order valence-electron chi connectivity index (χ3n) is 4.32. The number of ether oxygens (including phenoxy) is 2. The summed E-state index contributed by atoms with van der Waals surface area (Å²) in [4.78, 5) is 27.9. The maximum Gasteiger partial charge on any atom is 0.305 e.